The number of carbonyl (C=O) groups excluding carboxylic acids is 2. The second-order valence-electron chi connectivity index (χ2n) is 8.19. The number of thiazole rings is 1. The molecule has 0 saturated carbocycles. The number of allylic oxidation sites excluding steroid dienone is 2. The Kier molecular flexibility index (Phi) is 5.82. The first-order valence-corrected chi connectivity index (χ1v) is 12.1. The normalized spacial score (nSPS) is 18.5. The Bertz CT molecular complexity index is 1590. The van der Waals surface area contributed by atoms with Gasteiger partial charge in [0.05, 0.1) is 35.2 Å². The molecule has 0 N–H and O–H groups in total. The second-order valence-corrected chi connectivity index (χ2v) is 9.17. The molecule has 0 radical (unpaired) electrons. The average molecular weight is 486 g/mol. The van der Waals surface area contributed by atoms with E-state index < -0.39 is 12.0 Å². The van der Waals surface area contributed by atoms with Crippen LogP contribution in [-0.2, 0) is 14.3 Å². The summed E-state index contributed by atoms with van der Waals surface area (Å²) in [6.07, 6.45) is 3.68. The molecule has 2 aliphatic rings. The Balaban J connectivity index is 1.76. The van der Waals surface area contributed by atoms with Crippen LogP contribution in [-0.4, -0.2) is 30.1 Å². The molecule has 7 nitrogen and oxygen atoms in total. The quantitative estimate of drug-likeness (QED) is 0.533. The van der Waals surface area contributed by atoms with E-state index >= 15 is 0 Å². The van der Waals surface area contributed by atoms with E-state index in [0.717, 1.165) is 22.6 Å². The number of fused-ring (bicyclic) bond motifs is 2. The van der Waals surface area contributed by atoms with Crippen molar-refractivity contribution >= 4 is 40.5 Å². The molecule has 2 aliphatic heterocycles. The van der Waals surface area contributed by atoms with Crippen LogP contribution in [0.3, 0.4) is 0 Å². The Morgan fingerprint density at radius 2 is 1.83 bits per heavy atom. The highest BCUT2D eigenvalue weighted by atomic mass is 32.1. The van der Waals surface area contributed by atoms with Crippen molar-refractivity contribution in [3.63, 3.8) is 0 Å². The summed E-state index contributed by atoms with van der Waals surface area (Å²) in [7, 11) is 1.69. The van der Waals surface area contributed by atoms with Gasteiger partial charge in [0, 0.05) is 12.6 Å². The van der Waals surface area contributed by atoms with Gasteiger partial charge in [-0.3, -0.25) is 14.2 Å². The highest BCUT2D eigenvalue weighted by molar-refractivity contribution is 7.07. The molecule has 35 heavy (non-hydrogen) atoms. The average Bonchev–Trinajstić information content (AvgIpc) is 3.30. The predicted octanol–water partition coefficient (Wildman–Crippen LogP) is 2.81. The number of para-hydroxylation sites is 1. The van der Waals surface area contributed by atoms with E-state index in [2.05, 4.69) is 4.99 Å². The molecule has 0 fully saturated rings. The van der Waals surface area contributed by atoms with E-state index in [4.69, 9.17) is 4.74 Å². The Hall–Kier alpha value is -4.04. The summed E-state index contributed by atoms with van der Waals surface area (Å²) in [5.41, 5.74) is 3.18. The molecule has 1 amide bonds. The molecule has 1 atom stereocenters. The van der Waals surface area contributed by atoms with E-state index in [9.17, 15) is 14.4 Å². The van der Waals surface area contributed by atoms with Crippen LogP contribution < -0.4 is 19.8 Å². The monoisotopic (exact) mass is 485 g/mol. The molecule has 2 aromatic carbocycles. The Labute approximate surface area is 205 Å². The van der Waals surface area contributed by atoms with E-state index in [-0.39, 0.29) is 18.1 Å². The smallest absolute Gasteiger partial charge is 0.338 e. The first-order valence-electron chi connectivity index (χ1n) is 11.2. The molecule has 0 bridgehead atoms. The maximum Gasteiger partial charge on any atom is 0.338 e. The van der Waals surface area contributed by atoms with E-state index in [0.29, 0.717) is 31.7 Å². The zero-order valence-electron chi connectivity index (χ0n) is 19.5. The molecule has 8 heteroatoms. The molecule has 176 valence electrons. The summed E-state index contributed by atoms with van der Waals surface area (Å²) in [5, 5.41) is 0. The summed E-state index contributed by atoms with van der Waals surface area (Å²) in [6.45, 7) is 3.68. The lowest BCUT2D eigenvalue weighted by Gasteiger charge is -2.21. The van der Waals surface area contributed by atoms with Crippen molar-refractivity contribution in [3.05, 3.63) is 103 Å². The lowest BCUT2D eigenvalue weighted by atomic mass is 10.0. The van der Waals surface area contributed by atoms with Gasteiger partial charge in [-0.1, -0.05) is 72.0 Å². The molecule has 3 heterocycles. The molecule has 1 aromatic heterocycles. The third-order valence-electron chi connectivity index (χ3n) is 6.09. The lowest BCUT2D eigenvalue weighted by Crippen LogP contribution is -2.39. The summed E-state index contributed by atoms with van der Waals surface area (Å²) < 4.78 is 7.10. The van der Waals surface area contributed by atoms with E-state index in [1.807, 2.05) is 66.7 Å². The molecule has 0 aliphatic carbocycles. The van der Waals surface area contributed by atoms with Crippen molar-refractivity contribution in [1.29, 1.82) is 0 Å². The van der Waals surface area contributed by atoms with Gasteiger partial charge in [-0.2, -0.15) is 0 Å². The first-order chi connectivity index (χ1) is 16.9. The van der Waals surface area contributed by atoms with E-state index in [1.165, 1.54) is 4.57 Å². The number of hydrogen-bond donors (Lipinski definition) is 0. The number of ether oxygens (including phenoxy) is 1. The fourth-order valence-corrected chi connectivity index (χ4v) is 5.57. The van der Waals surface area contributed by atoms with Crippen molar-refractivity contribution in [2.75, 3.05) is 18.6 Å². The van der Waals surface area contributed by atoms with Gasteiger partial charge in [0.25, 0.3) is 11.5 Å². The van der Waals surface area contributed by atoms with Crippen molar-refractivity contribution in [2.45, 2.75) is 19.9 Å². The summed E-state index contributed by atoms with van der Waals surface area (Å²) in [5.74, 6) is -0.759. The Morgan fingerprint density at radius 3 is 2.57 bits per heavy atom. The third kappa shape index (κ3) is 3.76. The topological polar surface area (TPSA) is 81.0 Å². The largest absolute Gasteiger partial charge is 0.463 e. The number of benzene rings is 2. The minimum absolute atomic E-state index is 0.205. The van der Waals surface area contributed by atoms with Crippen LogP contribution in [0, 0.1) is 0 Å². The number of anilines is 1. The number of amides is 1. The number of rotatable bonds is 4. The van der Waals surface area contributed by atoms with Crippen LogP contribution in [0.5, 0.6) is 0 Å². The minimum Gasteiger partial charge on any atom is -0.463 e. The molecule has 3 aromatic rings. The fraction of sp³-hybridized carbons (Fsp3) is 0.185. The zero-order valence-corrected chi connectivity index (χ0v) is 20.3. The van der Waals surface area contributed by atoms with Crippen LogP contribution in [0.15, 0.2) is 81.7 Å². The van der Waals surface area contributed by atoms with E-state index in [1.54, 1.807) is 25.8 Å². The number of aromatic nitrogens is 1. The van der Waals surface area contributed by atoms with Crippen molar-refractivity contribution in [1.82, 2.24) is 4.57 Å². The van der Waals surface area contributed by atoms with Gasteiger partial charge in [-0.15, -0.1) is 0 Å². The van der Waals surface area contributed by atoms with Crippen LogP contribution in [0.25, 0.3) is 11.6 Å². The van der Waals surface area contributed by atoms with Gasteiger partial charge in [0.15, 0.2) is 4.80 Å². The SMILES string of the molecule is CCOC(=O)C1=C(C)N=c2s/c(=C3\C(=O)N(C)c4ccccc43)c(=O)n2[C@H]1/C=C/c1ccccc1. The minimum atomic E-state index is -0.718. The zero-order chi connectivity index (χ0) is 24.7. The maximum absolute atomic E-state index is 13.8. The maximum atomic E-state index is 13.8. The lowest BCUT2D eigenvalue weighted by molar-refractivity contribution is -0.139. The standard InChI is InChI=1S/C27H23N3O4S/c1-4-34-26(33)21-16(2)28-27-30(20(21)15-14-17-10-6-5-7-11-17)25(32)23(35-27)22-18-12-8-9-13-19(18)29(3)24(22)31/h5-15,20H,4H2,1-3H3/b15-14+,23-22-/t20-/m0/s1. The van der Waals surface area contributed by atoms with Gasteiger partial charge in [-0.05, 0) is 25.5 Å². The fourth-order valence-electron chi connectivity index (χ4n) is 4.42. The molecule has 0 saturated heterocycles. The van der Waals surface area contributed by atoms with Crippen molar-refractivity contribution < 1.29 is 14.3 Å². The summed E-state index contributed by atoms with van der Waals surface area (Å²) in [6, 6.07) is 16.3. The van der Waals surface area contributed by atoms with Crippen LogP contribution in [0.1, 0.15) is 31.0 Å². The van der Waals surface area contributed by atoms with Crippen molar-refractivity contribution in [2.24, 2.45) is 4.99 Å². The van der Waals surface area contributed by atoms with Crippen molar-refractivity contribution in [3.8, 4) is 0 Å². The van der Waals surface area contributed by atoms with Crippen LogP contribution >= 0.6 is 11.3 Å². The number of nitrogens with zero attached hydrogens (tertiary/aromatic N) is 3. The number of hydrogen-bond acceptors (Lipinski definition) is 6. The number of carbonyl (C=O) groups is 2. The number of likely N-dealkylation sites (N-methyl/N-ethyl adjacent to an activating group) is 1. The first kappa shape index (κ1) is 22.7. The highest BCUT2D eigenvalue weighted by Gasteiger charge is 2.34. The van der Waals surface area contributed by atoms with Gasteiger partial charge >= 0.3 is 5.97 Å². The molecule has 0 unspecified atom stereocenters. The third-order valence-corrected chi connectivity index (χ3v) is 7.14. The Morgan fingerprint density at radius 1 is 1.11 bits per heavy atom. The van der Waals surface area contributed by atoms with Gasteiger partial charge in [0.1, 0.15) is 4.53 Å². The van der Waals surface area contributed by atoms with Gasteiger partial charge in [0.2, 0.25) is 0 Å². The molecule has 0 spiro atoms. The molecular formula is C27H23N3O4S. The molecule has 5 rings (SSSR count). The van der Waals surface area contributed by atoms with Gasteiger partial charge in [-0.25, -0.2) is 9.79 Å². The summed E-state index contributed by atoms with van der Waals surface area (Å²) in [4.78, 5) is 46.5. The molecular weight excluding hydrogens is 462 g/mol. The number of esters is 1. The highest BCUT2D eigenvalue weighted by Crippen LogP contribution is 2.34. The second kappa shape index (κ2) is 8.96. The van der Waals surface area contributed by atoms with Gasteiger partial charge < -0.3 is 9.64 Å². The van der Waals surface area contributed by atoms with Crippen LogP contribution in [0.4, 0.5) is 5.69 Å². The summed E-state index contributed by atoms with van der Waals surface area (Å²) >= 11 is 1.16. The van der Waals surface area contributed by atoms with Crippen LogP contribution in [0.2, 0.25) is 0 Å². The predicted molar refractivity (Wildman–Crippen MR) is 136 cm³/mol.